The lowest BCUT2D eigenvalue weighted by Crippen LogP contribution is -2.39. The third-order valence-electron chi connectivity index (χ3n) is 4.64. The first-order valence-electron chi connectivity index (χ1n) is 7.70. The fraction of sp³-hybridized carbons (Fsp3) is 0.647. The lowest BCUT2D eigenvalue weighted by atomic mass is 9.99. The number of carbonyl (C=O) groups excluding carboxylic acids is 1. The maximum atomic E-state index is 12.4. The molecule has 2 rings (SSSR count). The van der Waals surface area contributed by atoms with E-state index in [9.17, 15) is 9.90 Å². The molecule has 5 heteroatoms. The summed E-state index contributed by atoms with van der Waals surface area (Å²) < 4.78 is 1.64. The molecule has 0 radical (unpaired) electrons. The molecule has 1 aliphatic carbocycles. The van der Waals surface area contributed by atoms with Crippen molar-refractivity contribution in [1.82, 2.24) is 15.1 Å². The number of hydrogen-bond acceptors (Lipinski definition) is 3. The van der Waals surface area contributed by atoms with Gasteiger partial charge in [-0.3, -0.25) is 9.48 Å². The van der Waals surface area contributed by atoms with Crippen LogP contribution in [0.4, 0.5) is 0 Å². The minimum Gasteiger partial charge on any atom is -0.383 e. The molecule has 0 aliphatic heterocycles. The van der Waals surface area contributed by atoms with Gasteiger partial charge in [0.25, 0.3) is 0 Å². The van der Waals surface area contributed by atoms with Crippen molar-refractivity contribution >= 4 is 5.91 Å². The summed E-state index contributed by atoms with van der Waals surface area (Å²) in [6, 6.07) is 0. The van der Waals surface area contributed by atoms with Gasteiger partial charge in [0.1, 0.15) is 5.60 Å². The van der Waals surface area contributed by atoms with Crippen LogP contribution in [0, 0.1) is 17.3 Å². The van der Waals surface area contributed by atoms with Crippen molar-refractivity contribution < 1.29 is 9.90 Å². The van der Waals surface area contributed by atoms with Gasteiger partial charge in [-0.25, -0.2) is 0 Å². The summed E-state index contributed by atoms with van der Waals surface area (Å²) >= 11 is 0. The molecule has 1 aliphatic rings. The van der Waals surface area contributed by atoms with Crippen molar-refractivity contribution in [1.29, 1.82) is 0 Å². The second kappa shape index (κ2) is 5.54. The van der Waals surface area contributed by atoms with Crippen LogP contribution in [0.1, 0.15) is 40.2 Å². The Morgan fingerprint density at radius 3 is 2.68 bits per heavy atom. The van der Waals surface area contributed by atoms with Gasteiger partial charge in [0.05, 0.1) is 18.7 Å². The molecule has 2 N–H and O–H groups in total. The van der Waals surface area contributed by atoms with Gasteiger partial charge >= 0.3 is 0 Å². The van der Waals surface area contributed by atoms with Gasteiger partial charge in [0, 0.05) is 18.8 Å². The van der Waals surface area contributed by atoms with Crippen LogP contribution in [0.15, 0.2) is 24.0 Å². The maximum absolute atomic E-state index is 12.4. The van der Waals surface area contributed by atoms with E-state index in [4.69, 9.17) is 0 Å². The Morgan fingerprint density at radius 2 is 2.18 bits per heavy atom. The summed E-state index contributed by atoms with van der Waals surface area (Å²) in [5.41, 5.74) is 0.804. The molecule has 0 bridgehead atoms. The van der Waals surface area contributed by atoms with Crippen molar-refractivity contribution in [2.45, 2.75) is 40.2 Å². The molecule has 3 unspecified atom stereocenters. The largest absolute Gasteiger partial charge is 0.383 e. The number of nitrogens with one attached hydrogen (secondary N) is 1. The molecule has 1 aromatic heterocycles. The highest BCUT2D eigenvalue weighted by Gasteiger charge is 2.60. The zero-order valence-corrected chi connectivity index (χ0v) is 14.3. The van der Waals surface area contributed by atoms with E-state index in [1.54, 1.807) is 31.0 Å². The average Bonchev–Trinajstić information content (AvgIpc) is 2.74. The highest BCUT2D eigenvalue weighted by Crippen LogP contribution is 2.59. The van der Waals surface area contributed by atoms with Gasteiger partial charge in [-0.2, -0.15) is 5.10 Å². The minimum absolute atomic E-state index is 0.0108. The average molecular weight is 305 g/mol. The first kappa shape index (κ1) is 16.7. The molecule has 122 valence electrons. The number of aromatic nitrogens is 2. The van der Waals surface area contributed by atoms with E-state index in [1.165, 1.54) is 5.57 Å². The maximum Gasteiger partial charge on any atom is 0.224 e. The van der Waals surface area contributed by atoms with Crippen LogP contribution < -0.4 is 5.32 Å². The molecule has 1 amide bonds. The van der Waals surface area contributed by atoms with Crippen LogP contribution in [-0.4, -0.2) is 27.3 Å². The van der Waals surface area contributed by atoms with Crippen molar-refractivity contribution in [3.8, 4) is 0 Å². The first-order chi connectivity index (χ1) is 10.1. The van der Waals surface area contributed by atoms with Crippen LogP contribution in [-0.2, 0) is 17.4 Å². The van der Waals surface area contributed by atoms with Crippen molar-refractivity contribution in [3.05, 3.63) is 29.6 Å². The van der Waals surface area contributed by atoms with Crippen molar-refractivity contribution in [2.24, 2.45) is 24.3 Å². The Balaban J connectivity index is 1.98. The summed E-state index contributed by atoms with van der Waals surface area (Å²) in [6.45, 7) is 10.2. The van der Waals surface area contributed by atoms with E-state index in [-0.39, 0.29) is 29.7 Å². The molecule has 1 fully saturated rings. The normalized spacial score (nSPS) is 25.2. The Morgan fingerprint density at radius 1 is 1.55 bits per heavy atom. The molecule has 5 nitrogen and oxygen atoms in total. The van der Waals surface area contributed by atoms with Crippen molar-refractivity contribution in [2.75, 3.05) is 6.54 Å². The van der Waals surface area contributed by atoms with Crippen LogP contribution >= 0.6 is 0 Å². The van der Waals surface area contributed by atoms with Crippen molar-refractivity contribution in [3.63, 3.8) is 0 Å². The third kappa shape index (κ3) is 3.24. The quantitative estimate of drug-likeness (QED) is 0.818. The van der Waals surface area contributed by atoms with Crippen LogP contribution in [0.5, 0.6) is 0 Å². The lowest BCUT2D eigenvalue weighted by molar-refractivity contribution is -0.124. The zero-order valence-electron chi connectivity index (χ0n) is 14.3. The second-order valence-electron chi connectivity index (χ2n) is 7.46. The molecule has 0 spiro atoms. The zero-order chi connectivity index (χ0) is 16.7. The number of amides is 1. The van der Waals surface area contributed by atoms with E-state index in [1.807, 2.05) is 0 Å². The standard InChI is InChI=1S/C17H27N3O2/c1-11(2)7-13-14(16(13,3)4)15(21)18-10-17(5,22)12-8-19-20(6)9-12/h7-9,13-14,22H,10H2,1-6H3,(H,18,21). The van der Waals surface area contributed by atoms with E-state index >= 15 is 0 Å². The number of aliphatic hydroxyl groups is 1. The molecule has 1 heterocycles. The monoisotopic (exact) mass is 305 g/mol. The van der Waals surface area contributed by atoms with Gasteiger partial charge in [-0.15, -0.1) is 0 Å². The molecule has 1 saturated carbocycles. The third-order valence-corrected chi connectivity index (χ3v) is 4.64. The summed E-state index contributed by atoms with van der Waals surface area (Å²) in [5, 5.41) is 17.5. The number of allylic oxidation sites excluding steroid dienone is 2. The Bertz CT molecular complexity index is 595. The Kier molecular flexibility index (Phi) is 4.22. The summed E-state index contributed by atoms with van der Waals surface area (Å²) in [4.78, 5) is 12.4. The first-order valence-corrected chi connectivity index (χ1v) is 7.70. The fourth-order valence-corrected chi connectivity index (χ4v) is 3.02. The smallest absolute Gasteiger partial charge is 0.224 e. The fourth-order valence-electron chi connectivity index (χ4n) is 3.02. The molecular formula is C17H27N3O2. The van der Waals surface area contributed by atoms with Gasteiger partial charge < -0.3 is 10.4 Å². The van der Waals surface area contributed by atoms with Crippen LogP contribution in [0.3, 0.4) is 0 Å². The molecule has 0 saturated heterocycles. The number of carbonyl (C=O) groups is 1. The van der Waals surface area contributed by atoms with E-state index in [0.29, 0.717) is 5.56 Å². The van der Waals surface area contributed by atoms with E-state index in [0.717, 1.165) is 0 Å². The van der Waals surface area contributed by atoms with Crippen LogP contribution in [0.2, 0.25) is 0 Å². The highest BCUT2D eigenvalue weighted by molar-refractivity contribution is 5.83. The number of hydrogen-bond donors (Lipinski definition) is 2. The lowest BCUT2D eigenvalue weighted by Gasteiger charge is -2.22. The summed E-state index contributed by atoms with van der Waals surface area (Å²) in [5.74, 6) is 0.268. The number of rotatable bonds is 5. The topological polar surface area (TPSA) is 67.2 Å². The summed E-state index contributed by atoms with van der Waals surface area (Å²) in [7, 11) is 1.80. The predicted molar refractivity (Wildman–Crippen MR) is 86.0 cm³/mol. The Hall–Kier alpha value is -1.62. The van der Waals surface area contributed by atoms with Gasteiger partial charge in [-0.1, -0.05) is 25.5 Å². The van der Waals surface area contributed by atoms with Gasteiger partial charge in [0.2, 0.25) is 5.91 Å². The second-order valence-corrected chi connectivity index (χ2v) is 7.46. The van der Waals surface area contributed by atoms with Crippen LogP contribution in [0.25, 0.3) is 0 Å². The predicted octanol–water partition coefficient (Wildman–Crippen LogP) is 1.98. The van der Waals surface area contributed by atoms with E-state index in [2.05, 4.69) is 44.2 Å². The van der Waals surface area contributed by atoms with E-state index < -0.39 is 5.60 Å². The molecule has 1 aromatic rings. The molecule has 3 atom stereocenters. The minimum atomic E-state index is -1.12. The Labute approximate surface area is 132 Å². The van der Waals surface area contributed by atoms with Gasteiger partial charge in [-0.05, 0) is 32.1 Å². The number of nitrogens with zero attached hydrogens (tertiary/aromatic N) is 2. The summed E-state index contributed by atoms with van der Waals surface area (Å²) in [6.07, 6.45) is 5.56. The molecule has 22 heavy (non-hydrogen) atoms. The highest BCUT2D eigenvalue weighted by atomic mass is 16.3. The molecule has 0 aromatic carbocycles. The SMILES string of the molecule is CC(C)=CC1C(C(=O)NCC(C)(O)c2cnn(C)c2)C1(C)C. The number of aryl methyl sites for hydroxylation is 1. The van der Waals surface area contributed by atoms with Gasteiger partial charge in [0.15, 0.2) is 0 Å². The molecular weight excluding hydrogens is 278 g/mol.